The summed E-state index contributed by atoms with van der Waals surface area (Å²) in [6.45, 7) is 2.87. The number of nitrogens with zero attached hydrogens (tertiary/aromatic N) is 3. The first kappa shape index (κ1) is 27.2. The molecule has 1 N–H and O–H groups in total. The van der Waals surface area contributed by atoms with Crippen molar-refractivity contribution in [3.05, 3.63) is 86.3 Å². The minimum atomic E-state index is -0.413. The van der Waals surface area contributed by atoms with Crippen molar-refractivity contribution >= 4 is 23.4 Å². The predicted molar refractivity (Wildman–Crippen MR) is 139 cm³/mol. The van der Waals surface area contributed by atoms with Crippen molar-refractivity contribution in [1.82, 2.24) is 15.2 Å². The average molecular weight is 491 g/mol. The molecule has 0 aliphatic heterocycles. The van der Waals surface area contributed by atoms with Gasteiger partial charge in [0.1, 0.15) is 5.03 Å². The van der Waals surface area contributed by atoms with Gasteiger partial charge in [0.05, 0.1) is 4.92 Å². The molecule has 180 valence electrons. The van der Waals surface area contributed by atoms with Crippen LogP contribution in [0, 0.1) is 10.1 Å². The maximum Gasteiger partial charge on any atom is 0.263 e. The molecule has 0 saturated heterocycles. The van der Waals surface area contributed by atoms with Crippen molar-refractivity contribution in [3.63, 3.8) is 0 Å². The van der Waals surface area contributed by atoms with Crippen LogP contribution in [0.25, 0.3) is 0 Å². The molecule has 33 heavy (non-hydrogen) atoms. The molecule has 0 fully saturated rings. The van der Waals surface area contributed by atoms with E-state index in [0.29, 0.717) is 5.03 Å². The van der Waals surface area contributed by atoms with E-state index in [-0.39, 0.29) is 5.92 Å². The maximum absolute atomic E-state index is 10.5. The third-order valence-electron chi connectivity index (χ3n) is 5.58. The van der Waals surface area contributed by atoms with Crippen molar-refractivity contribution < 1.29 is 4.92 Å². The van der Waals surface area contributed by atoms with Gasteiger partial charge in [-0.05, 0) is 75.5 Å². The smallest absolute Gasteiger partial charge is 0.263 e. The second kappa shape index (κ2) is 15.7. The van der Waals surface area contributed by atoms with E-state index in [0.717, 1.165) is 55.8 Å². The molecule has 6 nitrogen and oxygen atoms in total. The number of rotatable bonds is 16. The van der Waals surface area contributed by atoms with Gasteiger partial charge in [-0.2, -0.15) is 0 Å². The normalized spacial score (nSPS) is 12.7. The molecule has 0 saturated carbocycles. The van der Waals surface area contributed by atoms with E-state index in [4.69, 9.17) is 11.6 Å². The molecule has 0 radical (unpaired) electrons. The van der Waals surface area contributed by atoms with E-state index < -0.39 is 4.92 Å². The lowest BCUT2D eigenvalue weighted by molar-refractivity contribution is -0.403. The monoisotopic (exact) mass is 490 g/mol. The third kappa shape index (κ3) is 11.1. The molecule has 1 unspecified atom stereocenters. The molecule has 8 heteroatoms. The Hall–Kier alpha value is -2.09. The Kier molecular flexibility index (Phi) is 12.9. The van der Waals surface area contributed by atoms with Crippen LogP contribution in [0.1, 0.15) is 55.7 Å². The second-order valence-electron chi connectivity index (χ2n) is 8.13. The van der Waals surface area contributed by atoms with Gasteiger partial charge in [-0.1, -0.05) is 49.1 Å². The van der Waals surface area contributed by atoms with Gasteiger partial charge < -0.3 is 10.2 Å². The summed E-state index contributed by atoms with van der Waals surface area (Å²) in [5.41, 5.74) is 2.34. The van der Waals surface area contributed by atoms with Gasteiger partial charge in [0.25, 0.3) is 6.20 Å². The number of halogens is 1. The summed E-state index contributed by atoms with van der Waals surface area (Å²) in [5.74, 6) is 0.258. The van der Waals surface area contributed by atoms with E-state index in [9.17, 15) is 10.1 Å². The predicted octanol–water partition coefficient (Wildman–Crippen LogP) is 6.17. The summed E-state index contributed by atoms with van der Waals surface area (Å²) >= 11 is 7.45. The highest BCUT2D eigenvalue weighted by atomic mass is 35.5. The van der Waals surface area contributed by atoms with Crippen molar-refractivity contribution in [3.8, 4) is 0 Å². The van der Waals surface area contributed by atoms with Crippen LogP contribution in [0.4, 0.5) is 0 Å². The fourth-order valence-corrected chi connectivity index (χ4v) is 4.30. The van der Waals surface area contributed by atoms with Gasteiger partial charge in [-0.25, -0.2) is 0 Å². The quantitative estimate of drug-likeness (QED) is 0.172. The van der Waals surface area contributed by atoms with E-state index in [2.05, 4.69) is 40.4 Å². The SMILES string of the molecule is CS/C(=C\[N+](=O)[O-])NCCCCCCCN(C)CCC(c1ccc(Cl)cc1)c1ccccn1. The number of nitrogens with one attached hydrogen (secondary N) is 1. The summed E-state index contributed by atoms with van der Waals surface area (Å²) in [6, 6.07) is 14.2. The number of nitro groups is 1. The highest BCUT2D eigenvalue weighted by Crippen LogP contribution is 2.27. The number of unbranched alkanes of at least 4 members (excludes halogenated alkanes) is 4. The van der Waals surface area contributed by atoms with E-state index in [1.807, 2.05) is 36.7 Å². The van der Waals surface area contributed by atoms with Gasteiger partial charge in [0.2, 0.25) is 0 Å². The van der Waals surface area contributed by atoms with Gasteiger partial charge >= 0.3 is 0 Å². The standard InChI is InChI=1S/C25H35ClN4O2S/c1-29(18-9-5-3-4-7-17-28-25(33-2)20-30(31)32)19-15-23(24-10-6-8-16-27-24)21-11-13-22(26)14-12-21/h6,8,10-14,16,20,23,28H,3-5,7,9,15,17-19H2,1-2H3/b25-20-. The molecular formula is C25H35ClN4O2S. The van der Waals surface area contributed by atoms with Crippen molar-refractivity contribution in [2.75, 3.05) is 32.9 Å². The summed E-state index contributed by atoms with van der Waals surface area (Å²) in [7, 11) is 2.19. The van der Waals surface area contributed by atoms with Crippen LogP contribution in [-0.4, -0.2) is 47.7 Å². The molecule has 1 aromatic heterocycles. The molecular weight excluding hydrogens is 456 g/mol. The van der Waals surface area contributed by atoms with Crippen molar-refractivity contribution in [1.29, 1.82) is 0 Å². The van der Waals surface area contributed by atoms with E-state index in [1.165, 1.54) is 36.6 Å². The van der Waals surface area contributed by atoms with Crippen LogP contribution in [-0.2, 0) is 0 Å². The molecule has 0 aliphatic carbocycles. The fraction of sp³-hybridized carbons (Fsp3) is 0.480. The second-order valence-corrected chi connectivity index (χ2v) is 9.41. The Morgan fingerprint density at radius 1 is 1.15 bits per heavy atom. The summed E-state index contributed by atoms with van der Waals surface area (Å²) in [4.78, 5) is 17.1. The first-order valence-electron chi connectivity index (χ1n) is 11.5. The largest absolute Gasteiger partial charge is 0.375 e. The Bertz CT molecular complexity index is 849. The lowest BCUT2D eigenvalue weighted by Crippen LogP contribution is -2.23. The number of hydrogen-bond acceptors (Lipinski definition) is 6. The Morgan fingerprint density at radius 2 is 1.88 bits per heavy atom. The molecule has 0 spiro atoms. The highest BCUT2D eigenvalue weighted by Gasteiger charge is 2.16. The first-order chi connectivity index (χ1) is 16.0. The Labute approximate surface area is 207 Å². The lowest BCUT2D eigenvalue weighted by atomic mass is 9.92. The minimum absolute atomic E-state index is 0.258. The van der Waals surface area contributed by atoms with Crippen molar-refractivity contribution in [2.45, 2.75) is 44.4 Å². The average Bonchev–Trinajstić information content (AvgIpc) is 2.81. The van der Waals surface area contributed by atoms with Gasteiger partial charge in [-0.3, -0.25) is 15.1 Å². The molecule has 2 aromatic rings. The van der Waals surface area contributed by atoms with Crippen molar-refractivity contribution in [2.24, 2.45) is 0 Å². The van der Waals surface area contributed by atoms with Gasteiger partial charge in [0.15, 0.2) is 0 Å². The molecule has 0 amide bonds. The number of aromatic nitrogens is 1. The van der Waals surface area contributed by atoms with Crippen LogP contribution in [0.2, 0.25) is 5.02 Å². The minimum Gasteiger partial charge on any atom is -0.375 e. The maximum atomic E-state index is 10.5. The van der Waals surface area contributed by atoms with E-state index >= 15 is 0 Å². The molecule has 0 bridgehead atoms. The number of thioether (sulfide) groups is 1. The fourth-order valence-electron chi connectivity index (χ4n) is 3.74. The third-order valence-corrected chi connectivity index (χ3v) is 6.52. The van der Waals surface area contributed by atoms with Crippen LogP contribution >= 0.6 is 23.4 Å². The van der Waals surface area contributed by atoms with E-state index in [1.54, 1.807) is 0 Å². The zero-order chi connectivity index (χ0) is 23.9. The van der Waals surface area contributed by atoms with Gasteiger partial charge in [-0.15, -0.1) is 11.8 Å². The molecule has 1 atom stereocenters. The lowest BCUT2D eigenvalue weighted by Gasteiger charge is -2.22. The van der Waals surface area contributed by atoms with Crippen LogP contribution in [0.3, 0.4) is 0 Å². The molecule has 1 aromatic carbocycles. The Morgan fingerprint density at radius 3 is 2.55 bits per heavy atom. The topological polar surface area (TPSA) is 71.3 Å². The zero-order valence-corrected chi connectivity index (χ0v) is 21.2. The Balaban J connectivity index is 1.66. The number of pyridine rings is 1. The number of benzene rings is 1. The molecule has 0 aliphatic rings. The first-order valence-corrected chi connectivity index (χ1v) is 13.1. The van der Waals surface area contributed by atoms with Crippen LogP contribution in [0.15, 0.2) is 59.9 Å². The summed E-state index contributed by atoms with van der Waals surface area (Å²) < 4.78 is 0. The number of hydrogen-bond donors (Lipinski definition) is 1. The molecule has 1 heterocycles. The van der Waals surface area contributed by atoms with Gasteiger partial charge in [0, 0.05) is 29.4 Å². The summed E-state index contributed by atoms with van der Waals surface area (Å²) in [5, 5.41) is 15.0. The zero-order valence-electron chi connectivity index (χ0n) is 19.6. The highest BCUT2D eigenvalue weighted by molar-refractivity contribution is 8.02. The molecule has 2 rings (SSSR count). The van der Waals surface area contributed by atoms with Crippen LogP contribution < -0.4 is 5.32 Å². The van der Waals surface area contributed by atoms with Crippen LogP contribution in [0.5, 0.6) is 0 Å². The summed E-state index contributed by atoms with van der Waals surface area (Å²) in [6.07, 6.45) is 11.5.